The van der Waals surface area contributed by atoms with Gasteiger partial charge in [-0.1, -0.05) is 30.1 Å². The average molecular weight is 265 g/mol. The highest BCUT2D eigenvalue weighted by molar-refractivity contribution is 6.35. The molecule has 0 heterocycles. The normalized spacial score (nSPS) is 12.2. The van der Waals surface area contributed by atoms with Crippen molar-refractivity contribution >= 4 is 34.8 Å². The number of hydrogen-bond acceptors (Lipinski definition) is 2. The van der Waals surface area contributed by atoms with Crippen molar-refractivity contribution in [2.45, 2.75) is 6.92 Å². The fraction of sp³-hybridized carbons (Fsp3) is 0.300. The van der Waals surface area contributed by atoms with Crippen LogP contribution in [0.1, 0.15) is 6.92 Å². The highest BCUT2D eigenvalue weighted by Crippen LogP contribution is 2.27. The number of halogens is 3. The lowest BCUT2D eigenvalue weighted by molar-refractivity contribution is -0.120. The summed E-state index contributed by atoms with van der Waals surface area (Å²) in [7, 11) is 0. The maximum absolute atomic E-state index is 13.1. The molecule has 0 radical (unpaired) electrons. The van der Waals surface area contributed by atoms with Gasteiger partial charge in [-0.15, -0.1) is 0 Å². The summed E-state index contributed by atoms with van der Waals surface area (Å²) in [5.41, 5.74) is 5.64. The third kappa shape index (κ3) is 3.25. The first-order valence-electron chi connectivity index (χ1n) is 4.59. The zero-order chi connectivity index (χ0) is 12.3. The van der Waals surface area contributed by atoms with Crippen LogP contribution in [0, 0.1) is 11.7 Å². The molecule has 1 atom stereocenters. The Morgan fingerprint density at radius 1 is 1.50 bits per heavy atom. The molecule has 88 valence electrons. The molecule has 0 saturated heterocycles. The number of carbonyl (C=O) groups excluding carboxylic acids is 1. The van der Waals surface area contributed by atoms with Crippen molar-refractivity contribution in [3.05, 3.63) is 28.0 Å². The second kappa shape index (κ2) is 5.37. The first-order chi connectivity index (χ1) is 7.41. The molecule has 0 aliphatic rings. The molecule has 3 N–H and O–H groups in total. The molecule has 3 nitrogen and oxygen atoms in total. The van der Waals surface area contributed by atoms with Gasteiger partial charge in [0.15, 0.2) is 5.82 Å². The SMILES string of the molecule is CC(CNc1cc(Cl)c(F)c(Cl)c1)C(N)=O. The van der Waals surface area contributed by atoms with Crippen molar-refractivity contribution in [3.8, 4) is 0 Å². The monoisotopic (exact) mass is 264 g/mol. The number of rotatable bonds is 4. The van der Waals surface area contributed by atoms with E-state index in [1.54, 1.807) is 6.92 Å². The van der Waals surface area contributed by atoms with Crippen LogP contribution in [0.15, 0.2) is 12.1 Å². The third-order valence-electron chi connectivity index (χ3n) is 2.08. The molecule has 0 aromatic heterocycles. The number of benzene rings is 1. The second-order valence-corrected chi connectivity index (χ2v) is 4.25. The van der Waals surface area contributed by atoms with Gasteiger partial charge >= 0.3 is 0 Å². The van der Waals surface area contributed by atoms with E-state index in [1.165, 1.54) is 12.1 Å². The minimum absolute atomic E-state index is 0.0678. The average Bonchev–Trinajstić information content (AvgIpc) is 2.22. The quantitative estimate of drug-likeness (QED) is 0.822. The predicted molar refractivity (Wildman–Crippen MR) is 63.3 cm³/mol. The Labute approximate surface area is 103 Å². The zero-order valence-electron chi connectivity index (χ0n) is 8.56. The highest BCUT2D eigenvalue weighted by atomic mass is 35.5. The van der Waals surface area contributed by atoms with Crippen molar-refractivity contribution in [2.24, 2.45) is 11.7 Å². The van der Waals surface area contributed by atoms with E-state index in [9.17, 15) is 9.18 Å². The van der Waals surface area contributed by atoms with Gasteiger partial charge in [-0.25, -0.2) is 4.39 Å². The van der Waals surface area contributed by atoms with Crippen molar-refractivity contribution in [1.82, 2.24) is 0 Å². The molecular weight excluding hydrogens is 254 g/mol. The van der Waals surface area contributed by atoms with Gasteiger partial charge in [-0.2, -0.15) is 0 Å². The Morgan fingerprint density at radius 3 is 2.44 bits per heavy atom. The topological polar surface area (TPSA) is 55.1 Å². The van der Waals surface area contributed by atoms with Gasteiger partial charge in [0.1, 0.15) is 0 Å². The minimum Gasteiger partial charge on any atom is -0.384 e. The van der Waals surface area contributed by atoms with Crippen LogP contribution >= 0.6 is 23.2 Å². The molecule has 1 amide bonds. The number of nitrogens with two attached hydrogens (primary N) is 1. The Bertz CT molecular complexity index is 389. The summed E-state index contributed by atoms with van der Waals surface area (Å²) in [6, 6.07) is 2.80. The molecule has 0 spiro atoms. The molecular formula is C10H11Cl2FN2O. The van der Waals surface area contributed by atoms with Crippen LogP contribution < -0.4 is 11.1 Å². The third-order valence-corrected chi connectivity index (χ3v) is 2.63. The molecule has 0 saturated carbocycles. The largest absolute Gasteiger partial charge is 0.384 e. The van der Waals surface area contributed by atoms with Crippen molar-refractivity contribution < 1.29 is 9.18 Å². The van der Waals surface area contributed by atoms with Crippen LogP contribution in [0.5, 0.6) is 0 Å². The number of primary amides is 1. The Kier molecular flexibility index (Phi) is 4.38. The van der Waals surface area contributed by atoms with Gasteiger partial charge in [0.2, 0.25) is 5.91 Å². The number of carbonyl (C=O) groups is 1. The van der Waals surface area contributed by atoms with Crippen LogP contribution in [0.2, 0.25) is 10.0 Å². The first kappa shape index (κ1) is 13.1. The number of anilines is 1. The lowest BCUT2D eigenvalue weighted by Crippen LogP contribution is -2.26. The van der Waals surface area contributed by atoms with Gasteiger partial charge in [0.25, 0.3) is 0 Å². The summed E-state index contributed by atoms with van der Waals surface area (Å²) in [4.78, 5) is 10.8. The summed E-state index contributed by atoms with van der Waals surface area (Å²) in [6.07, 6.45) is 0. The van der Waals surface area contributed by atoms with E-state index >= 15 is 0 Å². The Hall–Kier alpha value is -1.00. The van der Waals surface area contributed by atoms with Crippen LogP contribution in [0.4, 0.5) is 10.1 Å². The Balaban J connectivity index is 2.72. The van der Waals surface area contributed by atoms with Crippen LogP contribution in [0.3, 0.4) is 0 Å². The maximum Gasteiger partial charge on any atom is 0.222 e. The van der Waals surface area contributed by atoms with Gasteiger partial charge in [0, 0.05) is 12.2 Å². The minimum atomic E-state index is -0.656. The Morgan fingerprint density at radius 2 is 2.00 bits per heavy atom. The van der Waals surface area contributed by atoms with E-state index in [1.807, 2.05) is 0 Å². The van der Waals surface area contributed by atoms with Gasteiger partial charge < -0.3 is 11.1 Å². The van der Waals surface area contributed by atoms with Gasteiger partial charge in [-0.3, -0.25) is 4.79 Å². The lowest BCUT2D eigenvalue weighted by Gasteiger charge is -2.11. The second-order valence-electron chi connectivity index (χ2n) is 3.44. The fourth-order valence-electron chi connectivity index (χ4n) is 1.03. The van der Waals surface area contributed by atoms with Crippen molar-refractivity contribution in [1.29, 1.82) is 0 Å². The van der Waals surface area contributed by atoms with Crippen LogP contribution in [-0.4, -0.2) is 12.5 Å². The summed E-state index contributed by atoms with van der Waals surface area (Å²) >= 11 is 11.2. The van der Waals surface area contributed by atoms with E-state index in [2.05, 4.69) is 5.32 Å². The summed E-state index contributed by atoms with van der Waals surface area (Å²) < 4.78 is 13.1. The van der Waals surface area contributed by atoms with E-state index in [-0.39, 0.29) is 16.0 Å². The lowest BCUT2D eigenvalue weighted by atomic mass is 10.1. The summed E-state index contributed by atoms with van der Waals surface area (Å²) in [5, 5.41) is 2.76. The number of nitrogens with one attached hydrogen (secondary N) is 1. The maximum atomic E-state index is 13.1. The molecule has 0 bridgehead atoms. The van der Waals surface area contributed by atoms with E-state index < -0.39 is 11.7 Å². The molecule has 0 aliphatic heterocycles. The summed E-state index contributed by atoms with van der Waals surface area (Å²) in [6.45, 7) is 2.02. The number of hydrogen-bond donors (Lipinski definition) is 2. The van der Waals surface area contributed by atoms with Crippen molar-refractivity contribution in [3.63, 3.8) is 0 Å². The molecule has 1 aromatic carbocycles. The van der Waals surface area contributed by atoms with E-state index in [0.717, 1.165) is 0 Å². The molecule has 1 unspecified atom stereocenters. The smallest absolute Gasteiger partial charge is 0.222 e. The fourth-order valence-corrected chi connectivity index (χ4v) is 1.52. The molecule has 0 aliphatic carbocycles. The van der Waals surface area contributed by atoms with Crippen molar-refractivity contribution in [2.75, 3.05) is 11.9 Å². The zero-order valence-corrected chi connectivity index (χ0v) is 10.1. The molecule has 1 aromatic rings. The van der Waals surface area contributed by atoms with E-state index in [4.69, 9.17) is 28.9 Å². The predicted octanol–water partition coefficient (Wildman–Crippen LogP) is 2.67. The van der Waals surface area contributed by atoms with E-state index in [0.29, 0.717) is 12.2 Å². The summed E-state index contributed by atoms with van der Waals surface area (Å²) in [5.74, 6) is -1.40. The molecule has 1 rings (SSSR count). The molecule has 16 heavy (non-hydrogen) atoms. The molecule has 0 fully saturated rings. The van der Waals surface area contributed by atoms with Crippen LogP contribution in [0.25, 0.3) is 0 Å². The van der Waals surface area contributed by atoms with Gasteiger partial charge in [0.05, 0.1) is 16.0 Å². The highest BCUT2D eigenvalue weighted by Gasteiger charge is 2.10. The number of amides is 1. The van der Waals surface area contributed by atoms with Gasteiger partial charge in [-0.05, 0) is 12.1 Å². The molecule has 6 heteroatoms. The van der Waals surface area contributed by atoms with Crippen LogP contribution in [-0.2, 0) is 4.79 Å². The first-order valence-corrected chi connectivity index (χ1v) is 5.35. The standard InChI is InChI=1S/C10H11Cl2FN2O/c1-5(10(14)16)4-15-6-2-7(11)9(13)8(12)3-6/h2-3,5,15H,4H2,1H3,(H2,14,16).